The van der Waals surface area contributed by atoms with Gasteiger partial charge in [0.1, 0.15) is 0 Å². The summed E-state index contributed by atoms with van der Waals surface area (Å²) in [7, 11) is 0. The van der Waals surface area contributed by atoms with Gasteiger partial charge in [-0.3, -0.25) is 0 Å². The molecule has 0 radical (unpaired) electrons. The fraction of sp³-hybridized carbons (Fsp3) is 1.00. The Labute approximate surface area is 79.7 Å². The van der Waals surface area contributed by atoms with E-state index in [2.05, 4.69) is 6.92 Å². The van der Waals surface area contributed by atoms with Crippen molar-refractivity contribution in [3.8, 4) is 0 Å². The van der Waals surface area contributed by atoms with Crippen molar-refractivity contribution >= 4 is 0 Å². The van der Waals surface area contributed by atoms with Gasteiger partial charge < -0.3 is 14.9 Å². The van der Waals surface area contributed by atoms with E-state index in [1.54, 1.807) is 13.8 Å². The monoisotopic (exact) mass is 188 g/mol. The molecule has 1 aliphatic heterocycles. The van der Waals surface area contributed by atoms with Gasteiger partial charge in [-0.05, 0) is 32.6 Å². The minimum Gasteiger partial charge on any atom is -0.394 e. The van der Waals surface area contributed by atoms with Crippen molar-refractivity contribution in [1.29, 1.82) is 0 Å². The molecule has 1 saturated heterocycles. The lowest BCUT2D eigenvalue weighted by atomic mass is 9.87. The Kier molecular flexibility index (Phi) is 3.33. The Hall–Kier alpha value is -0.120. The van der Waals surface area contributed by atoms with Crippen LogP contribution in [0.4, 0.5) is 0 Å². The van der Waals surface area contributed by atoms with Gasteiger partial charge in [0.25, 0.3) is 0 Å². The summed E-state index contributed by atoms with van der Waals surface area (Å²) in [6, 6.07) is 0. The molecule has 0 aromatic heterocycles. The summed E-state index contributed by atoms with van der Waals surface area (Å²) in [5, 5.41) is 18.8. The van der Waals surface area contributed by atoms with Crippen LogP contribution in [0.25, 0.3) is 0 Å². The van der Waals surface area contributed by atoms with Gasteiger partial charge in [-0.2, -0.15) is 0 Å². The van der Waals surface area contributed by atoms with E-state index in [-0.39, 0.29) is 18.8 Å². The summed E-state index contributed by atoms with van der Waals surface area (Å²) >= 11 is 0. The first-order chi connectivity index (χ1) is 5.95. The zero-order valence-electron chi connectivity index (χ0n) is 8.66. The highest BCUT2D eigenvalue weighted by atomic mass is 16.5. The third kappa shape index (κ3) is 2.66. The van der Waals surface area contributed by atoms with E-state index in [1.165, 1.54) is 0 Å². The fourth-order valence-electron chi connectivity index (χ4n) is 1.76. The summed E-state index contributed by atoms with van der Waals surface area (Å²) in [5.41, 5.74) is -0.798. The lowest BCUT2D eigenvalue weighted by molar-refractivity contribution is -0.167. The predicted molar refractivity (Wildman–Crippen MR) is 50.4 cm³/mol. The van der Waals surface area contributed by atoms with Crippen molar-refractivity contribution < 1.29 is 14.9 Å². The van der Waals surface area contributed by atoms with Crippen molar-refractivity contribution in [1.82, 2.24) is 0 Å². The molecule has 13 heavy (non-hydrogen) atoms. The molecule has 1 aliphatic rings. The largest absolute Gasteiger partial charge is 0.394 e. The van der Waals surface area contributed by atoms with Gasteiger partial charge >= 0.3 is 0 Å². The zero-order valence-corrected chi connectivity index (χ0v) is 8.66. The molecule has 1 rings (SSSR count). The average Bonchev–Trinajstić information content (AvgIpc) is 2.03. The average molecular weight is 188 g/mol. The molecule has 3 nitrogen and oxygen atoms in total. The van der Waals surface area contributed by atoms with Crippen molar-refractivity contribution in [2.45, 2.75) is 51.4 Å². The van der Waals surface area contributed by atoms with Gasteiger partial charge in [-0.15, -0.1) is 0 Å². The molecule has 1 heterocycles. The van der Waals surface area contributed by atoms with Gasteiger partial charge in [0, 0.05) is 0 Å². The molecule has 2 N–H and O–H groups in total. The normalized spacial score (nSPS) is 36.2. The van der Waals surface area contributed by atoms with E-state index < -0.39 is 5.60 Å². The topological polar surface area (TPSA) is 49.7 Å². The molecule has 0 aromatic rings. The van der Waals surface area contributed by atoms with Crippen LogP contribution in [0.5, 0.6) is 0 Å². The quantitative estimate of drug-likeness (QED) is 0.678. The highest BCUT2D eigenvalue weighted by Gasteiger charge is 2.35. The number of ether oxygens (including phenoxy) is 1. The molecule has 0 unspecified atom stereocenters. The summed E-state index contributed by atoms with van der Waals surface area (Å²) in [6.07, 6.45) is 1.65. The minimum absolute atomic E-state index is 0.0494. The van der Waals surface area contributed by atoms with Gasteiger partial charge in [-0.1, -0.05) is 6.92 Å². The van der Waals surface area contributed by atoms with E-state index in [0.29, 0.717) is 5.92 Å². The van der Waals surface area contributed by atoms with Gasteiger partial charge in [0.2, 0.25) is 0 Å². The van der Waals surface area contributed by atoms with Crippen LogP contribution >= 0.6 is 0 Å². The second-order valence-corrected chi connectivity index (χ2v) is 4.55. The Morgan fingerprint density at radius 1 is 1.38 bits per heavy atom. The summed E-state index contributed by atoms with van der Waals surface area (Å²) in [6.45, 7) is 5.62. The SMILES string of the molecule is C[C@@H]1CC[C@H](C(C)(C)O)O[C@H]1CO. The zero-order chi connectivity index (χ0) is 10.1. The van der Waals surface area contributed by atoms with Crippen LogP contribution in [0.2, 0.25) is 0 Å². The summed E-state index contributed by atoms with van der Waals surface area (Å²) in [5.74, 6) is 0.392. The molecule has 0 aromatic carbocycles. The second kappa shape index (κ2) is 3.95. The lowest BCUT2D eigenvalue weighted by Gasteiger charge is -2.39. The van der Waals surface area contributed by atoms with E-state index >= 15 is 0 Å². The van der Waals surface area contributed by atoms with Crippen LogP contribution in [0.1, 0.15) is 33.6 Å². The van der Waals surface area contributed by atoms with Crippen molar-refractivity contribution in [2.75, 3.05) is 6.61 Å². The molecule has 78 valence electrons. The molecule has 0 aliphatic carbocycles. The number of rotatable bonds is 2. The Morgan fingerprint density at radius 2 is 2.00 bits per heavy atom. The number of hydrogen-bond donors (Lipinski definition) is 2. The number of aliphatic hydroxyl groups is 2. The van der Waals surface area contributed by atoms with Crippen LogP contribution in [0.15, 0.2) is 0 Å². The molecule has 1 fully saturated rings. The van der Waals surface area contributed by atoms with E-state index in [9.17, 15) is 5.11 Å². The molecular weight excluding hydrogens is 168 g/mol. The molecule has 0 spiro atoms. The highest BCUT2D eigenvalue weighted by molar-refractivity contribution is 4.85. The van der Waals surface area contributed by atoms with Crippen LogP contribution in [0, 0.1) is 5.92 Å². The summed E-state index contributed by atoms with van der Waals surface area (Å²) in [4.78, 5) is 0. The number of aliphatic hydroxyl groups excluding tert-OH is 1. The lowest BCUT2D eigenvalue weighted by Crippen LogP contribution is -2.46. The molecule has 0 bridgehead atoms. The molecule has 3 atom stereocenters. The summed E-state index contributed by atoms with van der Waals surface area (Å²) < 4.78 is 5.61. The van der Waals surface area contributed by atoms with Crippen LogP contribution < -0.4 is 0 Å². The maximum absolute atomic E-state index is 9.74. The third-order valence-corrected chi connectivity index (χ3v) is 2.83. The first-order valence-corrected chi connectivity index (χ1v) is 4.94. The maximum atomic E-state index is 9.74. The first kappa shape index (κ1) is 11.0. The fourth-order valence-corrected chi connectivity index (χ4v) is 1.76. The van der Waals surface area contributed by atoms with Crippen molar-refractivity contribution in [3.05, 3.63) is 0 Å². The number of hydrogen-bond acceptors (Lipinski definition) is 3. The minimum atomic E-state index is -0.798. The second-order valence-electron chi connectivity index (χ2n) is 4.55. The smallest absolute Gasteiger partial charge is 0.0861 e. The van der Waals surface area contributed by atoms with E-state index in [0.717, 1.165) is 12.8 Å². The Balaban J connectivity index is 2.55. The van der Waals surface area contributed by atoms with Gasteiger partial charge in [-0.25, -0.2) is 0 Å². The van der Waals surface area contributed by atoms with E-state index in [1.807, 2.05) is 0 Å². The maximum Gasteiger partial charge on any atom is 0.0861 e. The Morgan fingerprint density at radius 3 is 2.46 bits per heavy atom. The highest BCUT2D eigenvalue weighted by Crippen LogP contribution is 2.29. The van der Waals surface area contributed by atoms with Gasteiger partial charge in [0.05, 0.1) is 24.4 Å². The molecule has 0 saturated carbocycles. The Bertz CT molecular complexity index is 162. The molecule has 3 heteroatoms. The van der Waals surface area contributed by atoms with Crippen LogP contribution in [-0.2, 0) is 4.74 Å². The van der Waals surface area contributed by atoms with E-state index in [4.69, 9.17) is 9.84 Å². The van der Waals surface area contributed by atoms with Crippen LogP contribution in [0.3, 0.4) is 0 Å². The standard InChI is InChI=1S/C10H20O3/c1-7-4-5-9(10(2,3)12)13-8(7)6-11/h7-9,11-12H,4-6H2,1-3H3/t7-,8+,9-/m1/s1. The van der Waals surface area contributed by atoms with Gasteiger partial charge in [0.15, 0.2) is 0 Å². The van der Waals surface area contributed by atoms with Crippen molar-refractivity contribution in [3.63, 3.8) is 0 Å². The predicted octanol–water partition coefficient (Wildman–Crippen LogP) is 0.933. The van der Waals surface area contributed by atoms with Crippen molar-refractivity contribution in [2.24, 2.45) is 5.92 Å². The molecule has 0 amide bonds. The molecular formula is C10H20O3. The van der Waals surface area contributed by atoms with Crippen LogP contribution in [-0.4, -0.2) is 34.6 Å². The first-order valence-electron chi connectivity index (χ1n) is 4.94. The third-order valence-electron chi connectivity index (χ3n) is 2.83.